The second kappa shape index (κ2) is 5.10. The summed E-state index contributed by atoms with van der Waals surface area (Å²) in [4.78, 5) is 12.2. The smallest absolute Gasteiger partial charge is 0.177 e. The second-order valence-corrected chi connectivity index (χ2v) is 4.27. The van der Waals surface area contributed by atoms with Crippen LogP contribution in [0.1, 0.15) is 51.3 Å². The summed E-state index contributed by atoms with van der Waals surface area (Å²) in [5.41, 5.74) is 1.89. The summed E-state index contributed by atoms with van der Waals surface area (Å²) in [7, 11) is 0. The third kappa shape index (κ3) is 2.23. The number of aromatic amines is 1. The third-order valence-electron chi connectivity index (χ3n) is 2.94. The van der Waals surface area contributed by atoms with E-state index in [1.807, 2.05) is 12.1 Å². The van der Waals surface area contributed by atoms with Crippen molar-refractivity contribution in [3.8, 4) is 0 Å². The van der Waals surface area contributed by atoms with Gasteiger partial charge in [0, 0.05) is 12.1 Å². The van der Waals surface area contributed by atoms with Crippen LogP contribution in [0.3, 0.4) is 0 Å². The van der Waals surface area contributed by atoms with Gasteiger partial charge in [-0.25, -0.2) is 9.97 Å². The Balaban J connectivity index is 2.29. The lowest BCUT2D eigenvalue weighted by atomic mass is 9.98. The molecule has 0 aliphatic carbocycles. The van der Waals surface area contributed by atoms with Crippen molar-refractivity contribution in [3.05, 3.63) is 24.2 Å². The van der Waals surface area contributed by atoms with Crippen molar-refractivity contribution >= 4 is 11.2 Å². The molecule has 16 heavy (non-hydrogen) atoms. The van der Waals surface area contributed by atoms with Crippen LogP contribution >= 0.6 is 0 Å². The van der Waals surface area contributed by atoms with Gasteiger partial charge in [-0.1, -0.05) is 26.7 Å². The lowest BCUT2D eigenvalue weighted by molar-refractivity contribution is 0.539. The van der Waals surface area contributed by atoms with E-state index in [4.69, 9.17) is 0 Å². The molecule has 3 nitrogen and oxygen atoms in total. The van der Waals surface area contributed by atoms with E-state index in [-0.39, 0.29) is 0 Å². The normalized spacial score (nSPS) is 11.4. The highest BCUT2D eigenvalue weighted by Crippen LogP contribution is 2.25. The number of H-pyrrole nitrogens is 1. The molecular formula is C13H19N3. The molecule has 0 atom stereocenters. The Hall–Kier alpha value is -1.38. The van der Waals surface area contributed by atoms with Gasteiger partial charge in [-0.05, 0) is 25.0 Å². The minimum atomic E-state index is 0.559. The third-order valence-corrected chi connectivity index (χ3v) is 2.94. The first-order chi connectivity index (χ1) is 7.85. The Labute approximate surface area is 96.3 Å². The Morgan fingerprint density at radius 2 is 2.00 bits per heavy atom. The Morgan fingerprint density at radius 1 is 1.25 bits per heavy atom. The van der Waals surface area contributed by atoms with E-state index in [2.05, 4.69) is 28.8 Å². The highest BCUT2D eigenvalue weighted by Gasteiger charge is 2.14. The molecule has 0 aromatic carbocycles. The molecule has 0 aliphatic heterocycles. The molecule has 2 rings (SSSR count). The van der Waals surface area contributed by atoms with Crippen LogP contribution in [0.4, 0.5) is 0 Å². The van der Waals surface area contributed by atoms with Crippen LogP contribution in [-0.4, -0.2) is 15.0 Å². The highest BCUT2D eigenvalue weighted by atomic mass is 15.0. The molecule has 0 amide bonds. The lowest BCUT2D eigenvalue weighted by Gasteiger charge is -2.11. The quantitative estimate of drug-likeness (QED) is 0.830. The summed E-state index contributed by atoms with van der Waals surface area (Å²) in [6.45, 7) is 4.45. The average Bonchev–Trinajstić information content (AvgIpc) is 2.72. The molecule has 86 valence electrons. The van der Waals surface area contributed by atoms with Gasteiger partial charge >= 0.3 is 0 Å². The molecule has 0 spiro atoms. The van der Waals surface area contributed by atoms with Gasteiger partial charge in [-0.15, -0.1) is 0 Å². The molecule has 2 aromatic heterocycles. The van der Waals surface area contributed by atoms with Crippen molar-refractivity contribution in [3.63, 3.8) is 0 Å². The van der Waals surface area contributed by atoms with E-state index in [9.17, 15) is 0 Å². The van der Waals surface area contributed by atoms with Crippen molar-refractivity contribution in [2.24, 2.45) is 0 Å². The number of aromatic nitrogens is 3. The number of nitrogens with zero attached hydrogens (tertiary/aromatic N) is 2. The maximum absolute atomic E-state index is 4.58. The monoisotopic (exact) mass is 217 g/mol. The number of rotatable bonds is 5. The maximum atomic E-state index is 4.58. The summed E-state index contributed by atoms with van der Waals surface area (Å²) >= 11 is 0. The van der Waals surface area contributed by atoms with E-state index < -0.39 is 0 Å². The fourth-order valence-electron chi connectivity index (χ4n) is 2.17. The predicted molar refractivity (Wildman–Crippen MR) is 66.4 cm³/mol. The summed E-state index contributed by atoms with van der Waals surface area (Å²) < 4.78 is 0. The molecule has 0 radical (unpaired) electrons. The zero-order valence-corrected chi connectivity index (χ0v) is 10.0. The summed E-state index contributed by atoms with van der Waals surface area (Å²) in [6, 6.07) is 3.98. The molecule has 0 fully saturated rings. The van der Waals surface area contributed by atoms with Crippen LogP contribution in [0.15, 0.2) is 18.3 Å². The topological polar surface area (TPSA) is 41.6 Å². The van der Waals surface area contributed by atoms with E-state index in [0.717, 1.165) is 17.0 Å². The van der Waals surface area contributed by atoms with Crippen molar-refractivity contribution in [2.45, 2.75) is 45.4 Å². The average molecular weight is 217 g/mol. The molecule has 1 N–H and O–H groups in total. The molecule has 0 bridgehead atoms. The summed E-state index contributed by atoms with van der Waals surface area (Å²) in [5.74, 6) is 1.67. The van der Waals surface area contributed by atoms with Crippen LogP contribution in [0, 0.1) is 0 Å². The number of pyridine rings is 1. The number of nitrogens with one attached hydrogen (secondary N) is 1. The van der Waals surface area contributed by atoms with Crippen LogP contribution in [-0.2, 0) is 0 Å². The maximum Gasteiger partial charge on any atom is 0.177 e. The van der Waals surface area contributed by atoms with E-state index in [0.29, 0.717) is 5.92 Å². The minimum Gasteiger partial charge on any atom is -0.340 e. The van der Waals surface area contributed by atoms with Gasteiger partial charge in [0.2, 0.25) is 0 Å². The van der Waals surface area contributed by atoms with E-state index >= 15 is 0 Å². The molecule has 3 heteroatoms. The van der Waals surface area contributed by atoms with Crippen LogP contribution < -0.4 is 0 Å². The van der Waals surface area contributed by atoms with Crippen LogP contribution in [0.2, 0.25) is 0 Å². The highest BCUT2D eigenvalue weighted by molar-refractivity contribution is 5.70. The lowest BCUT2D eigenvalue weighted by Crippen LogP contribution is -2.00. The van der Waals surface area contributed by atoms with E-state index in [1.165, 1.54) is 25.7 Å². The standard InChI is InChI=1S/C13H19N3/c1-3-6-10(7-4-2)12-15-11-8-5-9-14-13(11)16-12/h5,8-10H,3-4,6-7H2,1-2H3,(H,14,15,16). The Bertz CT molecular complexity index is 408. The fraction of sp³-hybridized carbons (Fsp3) is 0.538. The Morgan fingerprint density at radius 3 is 2.62 bits per heavy atom. The number of hydrogen-bond donors (Lipinski definition) is 1. The first-order valence-electron chi connectivity index (χ1n) is 6.15. The van der Waals surface area contributed by atoms with Gasteiger partial charge in [0.05, 0.1) is 5.52 Å². The van der Waals surface area contributed by atoms with Gasteiger partial charge in [-0.2, -0.15) is 0 Å². The zero-order valence-electron chi connectivity index (χ0n) is 10.0. The van der Waals surface area contributed by atoms with Gasteiger partial charge in [0.1, 0.15) is 5.82 Å². The first-order valence-corrected chi connectivity index (χ1v) is 6.15. The van der Waals surface area contributed by atoms with Crippen LogP contribution in [0.25, 0.3) is 11.2 Å². The largest absolute Gasteiger partial charge is 0.340 e. The predicted octanol–water partition coefficient (Wildman–Crippen LogP) is 3.64. The number of hydrogen-bond acceptors (Lipinski definition) is 2. The molecule has 0 saturated carbocycles. The first kappa shape index (κ1) is 11.1. The zero-order chi connectivity index (χ0) is 11.4. The fourth-order valence-corrected chi connectivity index (χ4v) is 2.17. The summed E-state index contributed by atoms with van der Waals surface area (Å²) in [5, 5.41) is 0. The number of imidazole rings is 1. The molecule has 0 aliphatic rings. The Kier molecular flexibility index (Phi) is 3.54. The van der Waals surface area contributed by atoms with Crippen molar-refractivity contribution in [1.82, 2.24) is 15.0 Å². The molecule has 0 unspecified atom stereocenters. The summed E-state index contributed by atoms with van der Waals surface area (Å²) in [6.07, 6.45) is 6.60. The van der Waals surface area contributed by atoms with Crippen LogP contribution in [0.5, 0.6) is 0 Å². The molecule has 2 heterocycles. The van der Waals surface area contributed by atoms with Gasteiger partial charge in [0.25, 0.3) is 0 Å². The minimum absolute atomic E-state index is 0.559. The number of fused-ring (bicyclic) bond motifs is 1. The molecule has 0 saturated heterocycles. The molecular weight excluding hydrogens is 198 g/mol. The van der Waals surface area contributed by atoms with Gasteiger partial charge < -0.3 is 4.98 Å². The second-order valence-electron chi connectivity index (χ2n) is 4.27. The van der Waals surface area contributed by atoms with E-state index in [1.54, 1.807) is 6.20 Å². The van der Waals surface area contributed by atoms with Crippen molar-refractivity contribution in [2.75, 3.05) is 0 Å². The van der Waals surface area contributed by atoms with Gasteiger partial charge in [0.15, 0.2) is 5.65 Å². The molecule has 2 aromatic rings. The SMILES string of the molecule is CCCC(CCC)c1nc2ncccc2[nH]1. The van der Waals surface area contributed by atoms with Crippen molar-refractivity contribution in [1.29, 1.82) is 0 Å². The van der Waals surface area contributed by atoms with Gasteiger partial charge in [-0.3, -0.25) is 0 Å². The van der Waals surface area contributed by atoms with Crippen molar-refractivity contribution < 1.29 is 0 Å².